The van der Waals surface area contributed by atoms with Crippen molar-refractivity contribution in [2.75, 3.05) is 26.7 Å². The highest BCUT2D eigenvalue weighted by atomic mass is 19.4. The molecule has 0 saturated carbocycles. The number of ether oxygens (including phenoxy) is 1. The highest BCUT2D eigenvalue weighted by Gasteiger charge is 2.32. The van der Waals surface area contributed by atoms with Crippen molar-refractivity contribution in [1.29, 1.82) is 0 Å². The van der Waals surface area contributed by atoms with E-state index in [1.807, 2.05) is 0 Å². The minimum atomic E-state index is -4.46. The Morgan fingerprint density at radius 2 is 2.00 bits per heavy atom. The number of aromatic nitrogens is 3. The highest BCUT2D eigenvalue weighted by Crippen LogP contribution is 2.27. The lowest BCUT2D eigenvalue weighted by atomic mass is 10.0. The van der Waals surface area contributed by atoms with Gasteiger partial charge < -0.3 is 19.7 Å². The molecule has 1 fully saturated rings. The molecule has 0 unspecified atom stereocenters. The Morgan fingerprint density at radius 1 is 1.18 bits per heavy atom. The second-order valence-corrected chi connectivity index (χ2v) is 8.30. The molecule has 0 radical (unpaired) electrons. The highest BCUT2D eigenvalue weighted by molar-refractivity contribution is 5.75. The molecule has 4 rings (SSSR count). The van der Waals surface area contributed by atoms with Crippen LogP contribution in [0, 0.1) is 0 Å². The topological polar surface area (TPSA) is 92.5 Å². The Labute approximate surface area is 194 Å². The predicted molar refractivity (Wildman–Crippen MR) is 119 cm³/mol. The van der Waals surface area contributed by atoms with Gasteiger partial charge in [-0.25, -0.2) is 0 Å². The second kappa shape index (κ2) is 10.1. The predicted octanol–water partition coefficient (Wildman–Crippen LogP) is 2.04. The van der Waals surface area contributed by atoms with Gasteiger partial charge in [-0.05, 0) is 30.7 Å². The Bertz CT molecular complexity index is 1180. The number of hydrogen-bond acceptors (Lipinski definition) is 7. The number of alkyl halides is 3. The van der Waals surface area contributed by atoms with Gasteiger partial charge in [0.05, 0.1) is 30.4 Å². The molecular weight excluding hydrogens is 451 g/mol. The number of hydrogen-bond donors (Lipinski definition) is 2. The molecule has 3 aromatic rings. The molecule has 0 aliphatic carbocycles. The van der Waals surface area contributed by atoms with E-state index in [4.69, 9.17) is 4.74 Å². The van der Waals surface area contributed by atoms with Crippen LogP contribution in [0.3, 0.4) is 0 Å². The lowest BCUT2D eigenvalue weighted by molar-refractivity contribution is -0.141. The summed E-state index contributed by atoms with van der Waals surface area (Å²) in [5.74, 6) is 0.567. The first-order chi connectivity index (χ1) is 16.2. The molecule has 0 spiro atoms. The Balaban J connectivity index is 1.32. The van der Waals surface area contributed by atoms with Gasteiger partial charge >= 0.3 is 6.18 Å². The Morgan fingerprint density at radius 3 is 2.68 bits per heavy atom. The largest absolute Gasteiger partial charge is 0.495 e. The molecule has 0 aromatic carbocycles. The molecule has 4 heterocycles. The number of β-amino-alcohol motifs (C(OH)–C–C–N with tert-alkyl or cyclic N) is 1. The first-order valence-electron chi connectivity index (χ1n) is 10.9. The van der Waals surface area contributed by atoms with Crippen LogP contribution in [-0.4, -0.2) is 63.4 Å². The first-order valence-corrected chi connectivity index (χ1v) is 10.9. The van der Waals surface area contributed by atoms with E-state index in [1.54, 1.807) is 30.0 Å². The van der Waals surface area contributed by atoms with E-state index in [1.165, 1.54) is 18.3 Å². The fraction of sp³-hybridized carbons (Fsp3) is 0.435. The van der Waals surface area contributed by atoms with Crippen LogP contribution >= 0.6 is 0 Å². The number of halogens is 3. The van der Waals surface area contributed by atoms with Crippen molar-refractivity contribution in [3.05, 3.63) is 64.3 Å². The molecule has 34 heavy (non-hydrogen) atoms. The summed E-state index contributed by atoms with van der Waals surface area (Å²) in [5, 5.41) is 13.8. The molecule has 2 N–H and O–H groups in total. The number of piperidine rings is 1. The molecule has 0 bridgehead atoms. The average molecular weight is 477 g/mol. The molecule has 8 nitrogen and oxygen atoms in total. The monoisotopic (exact) mass is 477 g/mol. The molecule has 1 aliphatic rings. The van der Waals surface area contributed by atoms with Crippen molar-refractivity contribution in [2.45, 2.75) is 37.8 Å². The second-order valence-electron chi connectivity index (χ2n) is 8.30. The molecule has 182 valence electrons. The summed E-state index contributed by atoms with van der Waals surface area (Å²) in [6.07, 6.45) is -1.65. The zero-order chi connectivity index (χ0) is 24.3. The number of aliphatic hydroxyl groups excluding tert-OH is 1. The molecule has 1 saturated heterocycles. The number of aliphatic hydroxyl groups is 1. The van der Waals surface area contributed by atoms with E-state index in [2.05, 4.69) is 20.2 Å². The number of pyridine rings is 3. The summed E-state index contributed by atoms with van der Waals surface area (Å²) >= 11 is 0. The van der Waals surface area contributed by atoms with Gasteiger partial charge in [0.25, 0.3) is 5.56 Å². The summed E-state index contributed by atoms with van der Waals surface area (Å²) in [6, 6.07) is 7.10. The number of methoxy groups -OCH3 is 1. The maximum atomic E-state index is 12.6. The summed E-state index contributed by atoms with van der Waals surface area (Å²) in [7, 11) is 1.54. The summed E-state index contributed by atoms with van der Waals surface area (Å²) in [6.45, 7) is 2.45. The van der Waals surface area contributed by atoms with Crippen LogP contribution in [0.15, 0.2) is 47.5 Å². The number of nitrogens with zero attached hydrogens (tertiary/aromatic N) is 4. The number of rotatable bonds is 7. The third kappa shape index (κ3) is 5.54. The van der Waals surface area contributed by atoms with E-state index >= 15 is 0 Å². The summed E-state index contributed by atoms with van der Waals surface area (Å²) in [5.41, 5.74) is 0.936. The van der Waals surface area contributed by atoms with Crippen molar-refractivity contribution < 1.29 is 23.0 Å². The van der Waals surface area contributed by atoms with E-state index in [0.717, 1.165) is 6.07 Å². The van der Waals surface area contributed by atoms with Gasteiger partial charge in [0.15, 0.2) is 0 Å². The third-order valence-electron chi connectivity index (χ3n) is 6.04. The van der Waals surface area contributed by atoms with Crippen molar-refractivity contribution in [2.24, 2.45) is 0 Å². The van der Waals surface area contributed by atoms with Crippen molar-refractivity contribution in [3.8, 4) is 5.75 Å². The average Bonchev–Trinajstić information content (AvgIpc) is 2.82. The van der Waals surface area contributed by atoms with Gasteiger partial charge in [0.1, 0.15) is 11.4 Å². The normalized spacial score (nSPS) is 19.4. The fourth-order valence-electron chi connectivity index (χ4n) is 4.12. The van der Waals surface area contributed by atoms with Crippen LogP contribution in [0.4, 0.5) is 13.2 Å². The lowest BCUT2D eigenvalue weighted by Gasteiger charge is -2.36. The van der Waals surface area contributed by atoms with Crippen molar-refractivity contribution in [1.82, 2.24) is 24.8 Å². The number of nitrogens with one attached hydrogen (secondary N) is 1. The van der Waals surface area contributed by atoms with E-state index in [-0.39, 0.29) is 11.6 Å². The summed E-state index contributed by atoms with van der Waals surface area (Å²) in [4.78, 5) is 22.3. The zero-order valence-corrected chi connectivity index (χ0v) is 18.6. The maximum absolute atomic E-state index is 12.6. The van der Waals surface area contributed by atoms with E-state index < -0.39 is 18.0 Å². The number of likely N-dealkylation sites (tertiary alicyclic amines) is 1. The van der Waals surface area contributed by atoms with E-state index in [9.17, 15) is 23.1 Å². The van der Waals surface area contributed by atoms with Crippen LogP contribution < -0.4 is 15.6 Å². The van der Waals surface area contributed by atoms with Crippen LogP contribution in [-0.2, 0) is 19.3 Å². The maximum Gasteiger partial charge on any atom is 0.433 e. The van der Waals surface area contributed by atoms with E-state index in [0.29, 0.717) is 61.5 Å². The lowest BCUT2D eigenvalue weighted by Crippen LogP contribution is -2.53. The number of fused-ring (bicyclic) bond motifs is 1. The fourth-order valence-corrected chi connectivity index (χ4v) is 4.12. The molecule has 1 aliphatic heterocycles. The SMILES string of the molecule is COc1cnc2ccc(=O)n(CCN3CC[C@H](NCc4ccc(C(F)(F)F)nc4)[C@H](O)C3)c2c1. The van der Waals surface area contributed by atoms with Gasteiger partial charge in [0.2, 0.25) is 0 Å². The van der Waals surface area contributed by atoms with Crippen molar-refractivity contribution in [3.63, 3.8) is 0 Å². The molecule has 2 atom stereocenters. The van der Waals surface area contributed by atoms with Gasteiger partial charge in [-0.1, -0.05) is 6.07 Å². The minimum absolute atomic E-state index is 0.134. The van der Waals surface area contributed by atoms with Crippen molar-refractivity contribution >= 4 is 11.0 Å². The van der Waals surface area contributed by atoms with Gasteiger partial charge in [-0.15, -0.1) is 0 Å². The minimum Gasteiger partial charge on any atom is -0.495 e. The smallest absolute Gasteiger partial charge is 0.433 e. The first kappa shape index (κ1) is 24.1. The summed E-state index contributed by atoms with van der Waals surface area (Å²) < 4.78 is 44.8. The standard InChI is InChI=1S/C23H26F3N5O3/c1-34-16-10-19-17(28-13-16)3-5-22(33)31(19)9-8-30-7-6-18(20(32)14-30)27-11-15-2-4-21(29-12-15)23(24,25)26/h2-5,10,12-13,18,20,27,32H,6-9,11,14H2,1H3/t18-,20+/m0/s1. The van der Waals surface area contributed by atoms with Crippen LogP contribution in [0.25, 0.3) is 11.0 Å². The Hall–Kier alpha value is -3.02. The van der Waals surface area contributed by atoms with Gasteiger partial charge in [0, 0.05) is 50.6 Å². The molecule has 3 aromatic heterocycles. The Kier molecular flexibility index (Phi) is 7.15. The zero-order valence-electron chi connectivity index (χ0n) is 18.6. The molecular formula is C23H26F3N5O3. The van der Waals surface area contributed by atoms with Gasteiger partial charge in [-0.2, -0.15) is 13.2 Å². The third-order valence-corrected chi connectivity index (χ3v) is 6.04. The van der Waals surface area contributed by atoms with Crippen LogP contribution in [0.2, 0.25) is 0 Å². The molecule has 0 amide bonds. The quantitative estimate of drug-likeness (QED) is 0.538. The van der Waals surface area contributed by atoms with Crippen LogP contribution in [0.5, 0.6) is 5.75 Å². The molecule has 11 heteroatoms. The van der Waals surface area contributed by atoms with Gasteiger partial charge in [-0.3, -0.25) is 19.7 Å². The van der Waals surface area contributed by atoms with Crippen LogP contribution in [0.1, 0.15) is 17.7 Å².